The lowest BCUT2D eigenvalue weighted by molar-refractivity contribution is -0.143. The molecule has 0 saturated heterocycles. The van der Waals surface area contributed by atoms with Crippen LogP contribution in [0.25, 0.3) is 0 Å². The Balaban J connectivity index is 2.92. The van der Waals surface area contributed by atoms with Gasteiger partial charge < -0.3 is 21.5 Å². The zero-order valence-electron chi connectivity index (χ0n) is 14.2. The molecule has 0 radical (unpaired) electrons. The Labute approximate surface area is 141 Å². The molecule has 2 amide bonds. The van der Waals surface area contributed by atoms with Crippen molar-refractivity contribution in [2.75, 3.05) is 0 Å². The number of nitrogens with two attached hydrogens (primary N) is 1. The van der Waals surface area contributed by atoms with Crippen molar-refractivity contribution >= 4 is 17.8 Å². The molecule has 5 N–H and O–H groups in total. The van der Waals surface area contributed by atoms with Gasteiger partial charge in [-0.2, -0.15) is 0 Å². The van der Waals surface area contributed by atoms with E-state index in [9.17, 15) is 19.5 Å². The van der Waals surface area contributed by atoms with Gasteiger partial charge in [0.25, 0.3) is 0 Å². The number of benzene rings is 1. The largest absolute Gasteiger partial charge is 0.480 e. The number of carboxylic acid groups (broad SMARTS) is 1. The molecule has 0 aliphatic rings. The second-order valence-corrected chi connectivity index (χ2v) is 6.11. The SMILES string of the molecule is CC(N)C(=O)NC(Cc1ccccc1)C(=O)NC(C(=O)O)C(C)C. The first-order chi connectivity index (χ1) is 11.2. The number of hydrogen-bond donors (Lipinski definition) is 4. The molecule has 0 spiro atoms. The smallest absolute Gasteiger partial charge is 0.326 e. The van der Waals surface area contributed by atoms with Crippen molar-refractivity contribution in [1.82, 2.24) is 10.6 Å². The topological polar surface area (TPSA) is 122 Å². The molecule has 3 unspecified atom stereocenters. The highest BCUT2D eigenvalue weighted by Crippen LogP contribution is 2.07. The summed E-state index contributed by atoms with van der Waals surface area (Å²) in [5.41, 5.74) is 6.38. The number of rotatable bonds is 8. The first-order valence-electron chi connectivity index (χ1n) is 7.85. The van der Waals surface area contributed by atoms with Crippen LogP contribution in [0.4, 0.5) is 0 Å². The van der Waals surface area contributed by atoms with E-state index < -0.39 is 35.9 Å². The molecule has 0 aliphatic carbocycles. The van der Waals surface area contributed by atoms with Crippen LogP contribution < -0.4 is 16.4 Å². The third-order valence-corrected chi connectivity index (χ3v) is 3.56. The number of carbonyl (C=O) groups is 3. The van der Waals surface area contributed by atoms with Crippen molar-refractivity contribution in [1.29, 1.82) is 0 Å². The first-order valence-corrected chi connectivity index (χ1v) is 7.85. The molecule has 3 atom stereocenters. The zero-order valence-corrected chi connectivity index (χ0v) is 14.2. The Kier molecular flexibility index (Phi) is 7.38. The predicted octanol–water partition coefficient (Wildman–Crippen LogP) is 0.287. The fourth-order valence-corrected chi connectivity index (χ4v) is 2.13. The van der Waals surface area contributed by atoms with Crippen LogP contribution in [0.15, 0.2) is 30.3 Å². The number of aliphatic carboxylic acids is 1. The Morgan fingerprint density at radius 3 is 2.08 bits per heavy atom. The van der Waals surface area contributed by atoms with E-state index >= 15 is 0 Å². The Hall–Kier alpha value is -2.41. The van der Waals surface area contributed by atoms with Crippen LogP contribution in [0.3, 0.4) is 0 Å². The summed E-state index contributed by atoms with van der Waals surface area (Å²) in [7, 11) is 0. The van der Waals surface area contributed by atoms with Crippen molar-refractivity contribution in [3.8, 4) is 0 Å². The summed E-state index contributed by atoms with van der Waals surface area (Å²) in [4.78, 5) is 35.6. The Morgan fingerprint density at radius 1 is 1.04 bits per heavy atom. The van der Waals surface area contributed by atoms with Crippen LogP contribution in [0, 0.1) is 5.92 Å². The quantitative estimate of drug-likeness (QED) is 0.544. The van der Waals surface area contributed by atoms with Gasteiger partial charge >= 0.3 is 5.97 Å². The van der Waals surface area contributed by atoms with Crippen LogP contribution in [0.2, 0.25) is 0 Å². The van der Waals surface area contributed by atoms with Gasteiger partial charge in [0, 0.05) is 6.42 Å². The maximum Gasteiger partial charge on any atom is 0.326 e. The van der Waals surface area contributed by atoms with E-state index in [0.717, 1.165) is 5.56 Å². The molecule has 0 aliphatic heterocycles. The lowest BCUT2D eigenvalue weighted by atomic mass is 10.0. The van der Waals surface area contributed by atoms with Gasteiger partial charge in [-0.1, -0.05) is 44.2 Å². The minimum absolute atomic E-state index is 0.246. The summed E-state index contributed by atoms with van der Waals surface area (Å²) in [6.45, 7) is 4.92. The molecule has 0 heterocycles. The van der Waals surface area contributed by atoms with E-state index in [2.05, 4.69) is 10.6 Å². The number of carbonyl (C=O) groups excluding carboxylic acids is 2. The highest BCUT2D eigenvalue weighted by Gasteiger charge is 2.29. The predicted molar refractivity (Wildman–Crippen MR) is 90.1 cm³/mol. The number of hydrogen-bond acceptors (Lipinski definition) is 4. The minimum atomic E-state index is -1.12. The van der Waals surface area contributed by atoms with Crippen molar-refractivity contribution in [3.05, 3.63) is 35.9 Å². The highest BCUT2D eigenvalue weighted by atomic mass is 16.4. The van der Waals surface area contributed by atoms with E-state index in [1.807, 2.05) is 30.3 Å². The van der Waals surface area contributed by atoms with E-state index in [1.54, 1.807) is 13.8 Å². The Bertz CT molecular complexity index is 572. The maximum absolute atomic E-state index is 12.5. The van der Waals surface area contributed by atoms with Crippen molar-refractivity contribution < 1.29 is 19.5 Å². The molecule has 0 saturated carbocycles. The fourth-order valence-electron chi connectivity index (χ4n) is 2.13. The van der Waals surface area contributed by atoms with Gasteiger partial charge in [-0.15, -0.1) is 0 Å². The molecule has 1 aromatic carbocycles. The lowest BCUT2D eigenvalue weighted by Crippen LogP contribution is -2.55. The maximum atomic E-state index is 12.5. The number of nitrogens with one attached hydrogen (secondary N) is 2. The van der Waals surface area contributed by atoms with Crippen molar-refractivity contribution in [2.45, 2.75) is 45.3 Å². The molecule has 7 heteroatoms. The molecule has 0 fully saturated rings. The molecular weight excluding hydrogens is 310 g/mol. The second-order valence-electron chi connectivity index (χ2n) is 6.11. The van der Waals surface area contributed by atoms with Gasteiger partial charge in [0.15, 0.2) is 0 Å². The van der Waals surface area contributed by atoms with Crippen molar-refractivity contribution in [3.63, 3.8) is 0 Å². The molecule has 132 valence electrons. The van der Waals surface area contributed by atoms with Gasteiger partial charge in [-0.05, 0) is 18.4 Å². The summed E-state index contributed by atoms with van der Waals surface area (Å²) in [6.07, 6.45) is 0.246. The van der Waals surface area contributed by atoms with Crippen molar-refractivity contribution in [2.24, 2.45) is 11.7 Å². The average Bonchev–Trinajstić information content (AvgIpc) is 2.51. The fraction of sp³-hybridized carbons (Fsp3) is 0.471. The standard InChI is InChI=1S/C17H25N3O4/c1-10(2)14(17(23)24)20-16(22)13(19-15(21)11(3)18)9-12-7-5-4-6-8-12/h4-8,10-11,13-14H,9,18H2,1-3H3,(H,19,21)(H,20,22)(H,23,24). The zero-order chi connectivity index (χ0) is 18.3. The minimum Gasteiger partial charge on any atom is -0.480 e. The molecule has 24 heavy (non-hydrogen) atoms. The summed E-state index contributed by atoms with van der Waals surface area (Å²) in [5, 5.41) is 14.3. The monoisotopic (exact) mass is 335 g/mol. The van der Waals surface area contributed by atoms with Gasteiger partial charge in [0.1, 0.15) is 12.1 Å². The summed E-state index contributed by atoms with van der Waals surface area (Å²) >= 11 is 0. The molecular formula is C17H25N3O4. The van der Waals surface area contributed by atoms with Crippen LogP contribution >= 0.6 is 0 Å². The third-order valence-electron chi connectivity index (χ3n) is 3.56. The summed E-state index contributed by atoms with van der Waals surface area (Å²) in [5.74, 6) is -2.42. The highest BCUT2D eigenvalue weighted by molar-refractivity contribution is 5.91. The molecule has 0 bridgehead atoms. The van der Waals surface area contributed by atoms with E-state index in [0.29, 0.717) is 0 Å². The third kappa shape index (κ3) is 6.00. The average molecular weight is 335 g/mol. The number of amides is 2. The van der Waals surface area contributed by atoms with E-state index in [1.165, 1.54) is 6.92 Å². The van der Waals surface area contributed by atoms with Gasteiger partial charge in [0.2, 0.25) is 11.8 Å². The molecule has 1 rings (SSSR count). The normalized spacial score (nSPS) is 14.5. The van der Waals surface area contributed by atoms with Crippen LogP contribution in [0.1, 0.15) is 26.3 Å². The second kappa shape index (κ2) is 9.02. The number of carboxylic acids is 1. The molecule has 1 aromatic rings. The van der Waals surface area contributed by atoms with E-state index in [4.69, 9.17) is 5.73 Å². The summed E-state index contributed by atoms with van der Waals surface area (Å²) in [6, 6.07) is 6.46. The van der Waals surface area contributed by atoms with Crippen LogP contribution in [-0.2, 0) is 20.8 Å². The lowest BCUT2D eigenvalue weighted by Gasteiger charge is -2.24. The first kappa shape index (κ1) is 19.6. The van der Waals surface area contributed by atoms with E-state index in [-0.39, 0.29) is 12.3 Å². The van der Waals surface area contributed by atoms with Crippen LogP contribution in [0.5, 0.6) is 0 Å². The molecule has 7 nitrogen and oxygen atoms in total. The Morgan fingerprint density at radius 2 is 1.62 bits per heavy atom. The van der Waals surface area contributed by atoms with Gasteiger partial charge in [-0.25, -0.2) is 4.79 Å². The van der Waals surface area contributed by atoms with Gasteiger partial charge in [-0.3, -0.25) is 9.59 Å². The molecule has 0 aromatic heterocycles. The van der Waals surface area contributed by atoms with Gasteiger partial charge in [0.05, 0.1) is 6.04 Å². The summed E-state index contributed by atoms with van der Waals surface area (Å²) < 4.78 is 0. The van der Waals surface area contributed by atoms with Crippen LogP contribution in [-0.4, -0.2) is 41.0 Å².